The van der Waals surface area contributed by atoms with Crippen molar-refractivity contribution in [3.63, 3.8) is 0 Å². The van der Waals surface area contributed by atoms with Crippen LogP contribution in [0.15, 0.2) is 24.3 Å². The van der Waals surface area contributed by atoms with Gasteiger partial charge in [0, 0.05) is 18.5 Å². The van der Waals surface area contributed by atoms with Gasteiger partial charge >= 0.3 is 0 Å². The van der Waals surface area contributed by atoms with Crippen molar-refractivity contribution in [2.45, 2.75) is 31.6 Å². The number of rotatable bonds is 2. The minimum Gasteiger partial charge on any atom is -0.383 e. The molecule has 1 heterocycles. The summed E-state index contributed by atoms with van der Waals surface area (Å²) in [4.78, 5) is 4.67. The Kier molecular flexibility index (Phi) is 3.01. The largest absolute Gasteiger partial charge is 0.383 e. The summed E-state index contributed by atoms with van der Waals surface area (Å²) in [5, 5.41) is 0. The molecule has 4 heteroatoms. The number of nitrogen functional groups attached to an aromatic ring is 1. The molecule has 3 nitrogen and oxygen atoms in total. The molecule has 1 aliphatic carbocycles. The Morgan fingerprint density at radius 3 is 2.74 bits per heavy atom. The Labute approximate surface area is 112 Å². The first-order chi connectivity index (χ1) is 9.16. The minimum atomic E-state index is -0.259. The molecule has 2 N–H and O–H groups in total. The van der Waals surface area contributed by atoms with Crippen molar-refractivity contribution >= 4 is 5.82 Å². The van der Waals surface area contributed by atoms with E-state index in [1.807, 2.05) is 17.7 Å². The highest BCUT2D eigenvalue weighted by molar-refractivity contribution is 5.71. The first-order valence-electron chi connectivity index (χ1n) is 6.75. The summed E-state index contributed by atoms with van der Waals surface area (Å²) in [5.74, 6) is 1.89. The molecule has 0 unspecified atom stereocenters. The van der Waals surface area contributed by atoms with Gasteiger partial charge in [0.15, 0.2) is 0 Å². The number of benzene rings is 1. The number of imidazole rings is 1. The van der Waals surface area contributed by atoms with E-state index in [2.05, 4.69) is 4.98 Å². The first-order valence-corrected chi connectivity index (χ1v) is 6.75. The molecular formula is C15H18FN3. The molecule has 1 aromatic heterocycles. The second kappa shape index (κ2) is 4.68. The Bertz CT molecular complexity index is 597. The monoisotopic (exact) mass is 259 g/mol. The van der Waals surface area contributed by atoms with E-state index in [-0.39, 0.29) is 5.82 Å². The number of hydrogen-bond donors (Lipinski definition) is 1. The van der Waals surface area contributed by atoms with E-state index in [4.69, 9.17) is 5.73 Å². The van der Waals surface area contributed by atoms with Crippen molar-refractivity contribution in [1.29, 1.82) is 0 Å². The number of halogens is 1. The standard InChI is InChI=1S/C15H18FN3/c1-19-14(17)13(11-7-4-8-12(16)9-11)18-15(19)10-5-2-3-6-10/h4,7-10H,2-3,5-6,17H2,1H3. The highest BCUT2D eigenvalue weighted by Crippen LogP contribution is 2.36. The van der Waals surface area contributed by atoms with Crippen LogP contribution in [0.2, 0.25) is 0 Å². The van der Waals surface area contributed by atoms with Gasteiger partial charge in [-0.25, -0.2) is 9.37 Å². The van der Waals surface area contributed by atoms with Gasteiger partial charge < -0.3 is 10.3 Å². The van der Waals surface area contributed by atoms with Crippen LogP contribution in [-0.2, 0) is 7.05 Å². The molecule has 2 aromatic rings. The van der Waals surface area contributed by atoms with Crippen LogP contribution in [0.5, 0.6) is 0 Å². The number of hydrogen-bond acceptors (Lipinski definition) is 2. The summed E-state index contributed by atoms with van der Waals surface area (Å²) in [6.07, 6.45) is 4.86. The molecule has 3 rings (SSSR count). The van der Waals surface area contributed by atoms with E-state index in [1.165, 1.54) is 37.8 Å². The Balaban J connectivity index is 2.05. The van der Waals surface area contributed by atoms with Crippen LogP contribution >= 0.6 is 0 Å². The molecule has 0 atom stereocenters. The summed E-state index contributed by atoms with van der Waals surface area (Å²) in [5.41, 5.74) is 7.58. The van der Waals surface area contributed by atoms with Gasteiger partial charge in [-0.15, -0.1) is 0 Å². The van der Waals surface area contributed by atoms with E-state index in [1.54, 1.807) is 6.07 Å². The zero-order valence-electron chi connectivity index (χ0n) is 11.1. The summed E-state index contributed by atoms with van der Waals surface area (Å²) in [7, 11) is 1.94. The highest BCUT2D eigenvalue weighted by atomic mass is 19.1. The van der Waals surface area contributed by atoms with E-state index < -0.39 is 0 Å². The molecule has 19 heavy (non-hydrogen) atoms. The predicted octanol–water partition coefficient (Wildman–Crippen LogP) is 3.47. The zero-order valence-corrected chi connectivity index (χ0v) is 11.1. The van der Waals surface area contributed by atoms with Crippen molar-refractivity contribution in [3.05, 3.63) is 35.9 Å². The number of aromatic nitrogens is 2. The van der Waals surface area contributed by atoms with Crippen molar-refractivity contribution in [3.8, 4) is 11.3 Å². The van der Waals surface area contributed by atoms with Crippen LogP contribution in [0.1, 0.15) is 37.4 Å². The van der Waals surface area contributed by atoms with Gasteiger partial charge in [-0.2, -0.15) is 0 Å². The minimum absolute atomic E-state index is 0.259. The SMILES string of the molecule is Cn1c(C2CCCC2)nc(-c2cccc(F)c2)c1N. The molecule has 0 amide bonds. The van der Waals surface area contributed by atoms with Gasteiger partial charge in [0.05, 0.1) is 0 Å². The quantitative estimate of drug-likeness (QED) is 0.897. The third kappa shape index (κ3) is 2.11. The molecule has 1 saturated carbocycles. The van der Waals surface area contributed by atoms with Gasteiger partial charge in [0.2, 0.25) is 0 Å². The maximum Gasteiger partial charge on any atom is 0.131 e. The van der Waals surface area contributed by atoms with E-state index in [0.717, 1.165) is 11.4 Å². The molecular weight excluding hydrogens is 241 g/mol. The van der Waals surface area contributed by atoms with E-state index in [9.17, 15) is 4.39 Å². The molecule has 100 valence electrons. The third-order valence-electron chi connectivity index (χ3n) is 3.99. The zero-order chi connectivity index (χ0) is 13.4. The maximum atomic E-state index is 13.3. The van der Waals surface area contributed by atoms with Crippen LogP contribution in [0.25, 0.3) is 11.3 Å². The molecule has 0 bridgehead atoms. The average molecular weight is 259 g/mol. The van der Waals surface area contributed by atoms with Crippen LogP contribution in [0.4, 0.5) is 10.2 Å². The van der Waals surface area contributed by atoms with Crippen molar-refractivity contribution in [2.75, 3.05) is 5.73 Å². The lowest BCUT2D eigenvalue weighted by Gasteiger charge is -2.08. The van der Waals surface area contributed by atoms with Crippen molar-refractivity contribution in [1.82, 2.24) is 9.55 Å². The van der Waals surface area contributed by atoms with Gasteiger partial charge in [-0.05, 0) is 25.0 Å². The van der Waals surface area contributed by atoms with Gasteiger partial charge in [-0.1, -0.05) is 25.0 Å². The summed E-state index contributed by atoms with van der Waals surface area (Å²) in [6.45, 7) is 0. The average Bonchev–Trinajstić information content (AvgIpc) is 3.00. The number of anilines is 1. The second-order valence-corrected chi connectivity index (χ2v) is 5.25. The predicted molar refractivity (Wildman–Crippen MR) is 74.2 cm³/mol. The third-order valence-corrected chi connectivity index (χ3v) is 3.99. The van der Waals surface area contributed by atoms with E-state index in [0.29, 0.717) is 17.4 Å². The Morgan fingerprint density at radius 2 is 2.05 bits per heavy atom. The Morgan fingerprint density at radius 1 is 1.32 bits per heavy atom. The van der Waals surface area contributed by atoms with Gasteiger partial charge in [-0.3, -0.25) is 0 Å². The number of nitrogens with two attached hydrogens (primary N) is 1. The molecule has 0 aliphatic heterocycles. The normalized spacial score (nSPS) is 16.1. The second-order valence-electron chi connectivity index (χ2n) is 5.25. The maximum absolute atomic E-state index is 13.3. The van der Waals surface area contributed by atoms with Crippen molar-refractivity contribution in [2.24, 2.45) is 7.05 Å². The lowest BCUT2D eigenvalue weighted by atomic mass is 10.1. The molecule has 0 saturated heterocycles. The first kappa shape index (κ1) is 12.2. The summed E-state index contributed by atoms with van der Waals surface area (Å²) >= 11 is 0. The summed E-state index contributed by atoms with van der Waals surface area (Å²) in [6, 6.07) is 6.45. The fraction of sp³-hybridized carbons (Fsp3) is 0.400. The fourth-order valence-electron chi connectivity index (χ4n) is 2.93. The molecule has 1 fully saturated rings. The molecule has 1 aromatic carbocycles. The topological polar surface area (TPSA) is 43.8 Å². The number of nitrogens with zero attached hydrogens (tertiary/aromatic N) is 2. The van der Waals surface area contributed by atoms with Crippen LogP contribution in [0, 0.1) is 5.82 Å². The molecule has 0 radical (unpaired) electrons. The smallest absolute Gasteiger partial charge is 0.131 e. The fourth-order valence-corrected chi connectivity index (χ4v) is 2.93. The lowest BCUT2D eigenvalue weighted by Crippen LogP contribution is -2.05. The van der Waals surface area contributed by atoms with Crippen LogP contribution in [-0.4, -0.2) is 9.55 Å². The highest BCUT2D eigenvalue weighted by Gasteiger charge is 2.24. The molecule has 1 aliphatic rings. The lowest BCUT2D eigenvalue weighted by molar-refractivity contribution is 0.628. The molecule has 0 spiro atoms. The summed E-state index contributed by atoms with van der Waals surface area (Å²) < 4.78 is 15.3. The van der Waals surface area contributed by atoms with Crippen LogP contribution < -0.4 is 5.73 Å². The van der Waals surface area contributed by atoms with Crippen molar-refractivity contribution < 1.29 is 4.39 Å². The van der Waals surface area contributed by atoms with E-state index >= 15 is 0 Å². The van der Waals surface area contributed by atoms with Gasteiger partial charge in [0.1, 0.15) is 23.2 Å². The van der Waals surface area contributed by atoms with Gasteiger partial charge in [0.25, 0.3) is 0 Å². The van der Waals surface area contributed by atoms with Crippen LogP contribution in [0.3, 0.4) is 0 Å². The Hall–Kier alpha value is -1.84.